The average Bonchev–Trinajstić information content (AvgIpc) is 2.50. The van der Waals surface area contributed by atoms with Gasteiger partial charge in [0.25, 0.3) is 0 Å². The van der Waals surface area contributed by atoms with E-state index >= 15 is 0 Å². The molecule has 0 bridgehead atoms. The lowest BCUT2D eigenvalue weighted by atomic mass is 9.78. The molecule has 5 heteroatoms. The number of halogens is 1. The van der Waals surface area contributed by atoms with Gasteiger partial charge in [-0.15, -0.1) is 11.3 Å². The van der Waals surface area contributed by atoms with Crippen molar-refractivity contribution in [2.45, 2.75) is 11.5 Å². The number of aliphatic hydroxyl groups is 1. The summed E-state index contributed by atoms with van der Waals surface area (Å²) in [4.78, 5) is 1.06. The van der Waals surface area contributed by atoms with Gasteiger partial charge in [-0.3, -0.25) is 0 Å². The SMILES string of the molecule is NCC(O)C1(c2ccc(Cl)s2)COC1. The van der Waals surface area contributed by atoms with E-state index in [0.29, 0.717) is 13.2 Å². The fourth-order valence-electron chi connectivity index (χ4n) is 1.63. The van der Waals surface area contributed by atoms with Crippen LogP contribution in [-0.4, -0.2) is 31.0 Å². The molecule has 3 nitrogen and oxygen atoms in total. The van der Waals surface area contributed by atoms with Gasteiger partial charge in [-0.1, -0.05) is 11.6 Å². The lowest BCUT2D eigenvalue weighted by Gasteiger charge is -2.43. The summed E-state index contributed by atoms with van der Waals surface area (Å²) in [5.74, 6) is 0. The van der Waals surface area contributed by atoms with Crippen LogP contribution in [0.15, 0.2) is 12.1 Å². The number of hydrogen-bond acceptors (Lipinski definition) is 4. The monoisotopic (exact) mass is 233 g/mol. The zero-order chi connectivity index (χ0) is 10.2. The highest BCUT2D eigenvalue weighted by Gasteiger charge is 2.47. The second-order valence-electron chi connectivity index (χ2n) is 3.50. The third-order valence-electron chi connectivity index (χ3n) is 2.64. The molecule has 0 aliphatic carbocycles. The van der Waals surface area contributed by atoms with Gasteiger partial charge in [-0.05, 0) is 12.1 Å². The van der Waals surface area contributed by atoms with Crippen molar-refractivity contribution in [3.05, 3.63) is 21.3 Å². The molecule has 1 aromatic rings. The third kappa shape index (κ3) is 1.47. The molecule has 14 heavy (non-hydrogen) atoms. The fraction of sp³-hybridized carbons (Fsp3) is 0.556. The second-order valence-corrected chi connectivity index (χ2v) is 5.22. The van der Waals surface area contributed by atoms with Gasteiger partial charge >= 0.3 is 0 Å². The van der Waals surface area contributed by atoms with Crippen LogP contribution in [0.25, 0.3) is 0 Å². The first-order valence-electron chi connectivity index (χ1n) is 4.41. The molecule has 0 amide bonds. The molecule has 2 heterocycles. The van der Waals surface area contributed by atoms with Crippen molar-refractivity contribution in [3.63, 3.8) is 0 Å². The maximum atomic E-state index is 9.85. The van der Waals surface area contributed by atoms with Crippen molar-refractivity contribution in [1.82, 2.24) is 0 Å². The van der Waals surface area contributed by atoms with E-state index in [2.05, 4.69) is 0 Å². The normalized spacial score (nSPS) is 21.6. The highest BCUT2D eigenvalue weighted by atomic mass is 35.5. The zero-order valence-corrected chi connectivity index (χ0v) is 9.14. The van der Waals surface area contributed by atoms with Gasteiger partial charge in [0.05, 0.1) is 29.1 Å². The summed E-state index contributed by atoms with van der Waals surface area (Å²) in [7, 11) is 0. The molecule has 1 saturated heterocycles. The quantitative estimate of drug-likeness (QED) is 0.819. The lowest BCUT2D eigenvalue weighted by Crippen LogP contribution is -2.57. The highest BCUT2D eigenvalue weighted by Crippen LogP contribution is 2.40. The molecule has 1 aliphatic heterocycles. The fourth-order valence-corrected chi connectivity index (χ4v) is 2.88. The Bertz CT molecular complexity index is 324. The van der Waals surface area contributed by atoms with E-state index in [-0.39, 0.29) is 12.0 Å². The molecule has 1 atom stereocenters. The van der Waals surface area contributed by atoms with Crippen molar-refractivity contribution < 1.29 is 9.84 Å². The first kappa shape index (κ1) is 10.4. The van der Waals surface area contributed by atoms with Gasteiger partial charge in [0.1, 0.15) is 0 Å². The van der Waals surface area contributed by atoms with Crippen LogP contribution in [0, 0.1) is 0 Å². The molecule has 0 aromatic carbocycles. The van der Waals surface area contributed by atoms with E-state index in [0.717, 1.165) is 9.21 Å². The smallest absolute Gasteiger partial charge is 0.0931 e. The molecule has 2 rings (SSSR count). The minimum atomic E-state index is -0.550. The molecule has 78 valence electrons. The van der Waals surface area contributed by atoms with Crippen LogP contribution in [0.3, 0.4) is 0 Å². The molecule has 1 fully saturated rings. The molecule has 0 saturated carbocycles. The topological polar surface area (TPSA) is 55.5 Å². The molecule has 0 spiro atoms. The summed E-state index contributed by atoms with van der Waals surface area (Å²) in [6.45, 7) is 1.31. The number of rotatable bonds is 3. The largest absolute Gasteiger partial charge is 0.391 e. The van der Waals surface area contributed by atoms with Gasteiger partial charge in [-0.2, -0.15) is 0 Å². The van der Waals surface area contributed by atoms with E-state index in [1.54, 1.807) is 0 Å². The minimum absolute atomic E-state index is 0.249. The van der Waals surface area contributed by atoms with E-state index < -0.39 is 6.10 Å². The third-order valence-corrected chi connectivity index (χ3v) is 4.10. The van der Waals surface area contributed by atoms with Crippen molar-refractivity contribution in [1.29, 1.82) is 0 Å². The first-order valence-corrected chi connectivity index (χ1v) is 5.60. The average molecular weight is 234 g/mol. The lowest BCUT2D eigenvalue weighted by molar-refractivity contribution is -0.114. The van der Waals surface area contributed by atoms with Crippen molar-refractivity contribution in [2.24, 2.45) is 5.73 Å². The number of aliphatic hydroxyl groups excluding tert-OH is 1. The summed E-state index contributed by atoms with van der Waals surface area (Å²) in [5.41, 5.74) is 5.16. The number of nitrogens with two attached hydrogens (primary N) is 1. The summed E-state index contributed by atoms with van der Waals surface area (Å²) < 4.78 is 5.90. The highest BCUT2D eigenvalue weighted by molar-refractivity contribution is 7.16. The molecule has 1 unspecified atom stereocenters. The predicted octanol–water partition coefficient (Wildman–Crippen LogP) is 0.989. The summed E-state index contributed by atoms with van der Waals surface area (Å²) in [6.07, 6.45) is -0.550. The Hall–Kier alpha value is -0.130. The zero-order valence-electron chi connectivity index (χ0n) is 7.57. The Balaban J connectivity index is 2.28. The van der Waals surface area contributed by atoms with Gasteiger partial charge < -0.3 is 15.6 Å². The Morgan fingerprint density at radius 2 is 2.36 bits per heavy atom. The Kier molecular flexibility index (Phi) is 2.81. The Morgan fingerprint density at radius 1 is 1.64 bits per heavy atom. The summed E-state index contributed by atoms with van der Waals surface area (Å²) in [6, 6.07) is 3.78. The maximum Gasteiger partial charge on any atom is 0.0931 e. The molecule has 0 radical (unpaired) electrons. The van der Waals surface area contributed by atoms with Crippen LogP contribution in [-0.2, 0) is 10.2 Å². The van der Waals surface area contributed by atoms with E-state index in [1.165, 1.54) is 11.3 Å². The summed E-state index contributed by atoms with van der Waals surface area (Å²) in [5, 5.41) is 9.85. The van der Waals surface area contributed by atoms with Crippen molar-refractivity contribution in [3.8, 4) is 0 Å². The van der Waals surface area contributed by atoms with Crippen LogP contribution >= 0.6 is 22.9 Å². The van der Waals surface area contributed by atoms with Crippen molar-refractivity contribution >= 4 is 22.9 Å². The van der Waals surface area contributed by atoms with Gasteiger partial charge in [-0.25, -0.2) is 0 Å². The summed E-state index contributed by atoms with van der Waals surface area (Å²) >= 11 is 7.34. The number of thiophene rings is 1. The molecular formula is C9H12ClNO2S. The Labute approximate surface area is 91.4 Å². The predicted molar refractivity (Wildman–Crippen MR) is 56.9 cm³/mol. The molecule has 3 N–H and O–H groups in total. The molecule has 1 aliphatic rings. The van der Waals surface area contributed by atoms with Crippen LogP contribution in [0.1, 0.15) is 4.88 Å². The molecular weight excluding hydrogens is 222 g/mol. The Morgan fingerprint density at radius 3 is 2.71 bits per heavy atom. The van der Waals surface area contributed by atoms with Crippen LogP contribution in [0.5, 0.6) is 0 Å². The first-order chi connectivity index (χ1) is 6.69. The van der Waals surface area contributed by atoms with E-state index in [9.17, 15) is 5.11 Å². The molecule has 1 aromatic heterocycles. The number of ether oxygens (including phenoxy) is 1. The van der Waals surface area contributed by atoms with Crippen molar-refractivity contribution in [2.75, 3.05) is 19.8 Å². The minimum Gasteiger partial charge on any atom is -0.391 e. The van der Waals surface area contributed by atoms with E-state index in [4.69, 9.17) is 22.1 Å². The van der Waals surface area contributed by atoms with Gasteiger partial charge in [0.15, 0.2) is 0 Å². The van der Waals surface area contributed by atoms with Crippen LogP contribution < -0.4 is 5.73 Å². The van der Waals surface area contributed by atoms with Crippen LogP contribution in [0.4, 0.5) is 0 Å². The second kappa shape index (κ2) is 3.79. The van der Waals surface area contributed by atoms with Gasteiger partial charge in [0.2, 0.25) is 0 Å². The van der Waals surface area contributed by atoms with Crippen LogP contribution in [0.2, 0.25) is 4.34 Å². The standard InChI is InChI=1S/C9H12ClNO2S/c10-8-2-1-7(14-8)9(4-13-5-9)6(12)3-11/h1-2,6,12H,3-5,11H2. The van der Waals surface area contributed by atoms with Gasteiger partial charge in [0, 0.05) is 11.4 Å². The number of hydrogen-bond donors (Lipinski definition) is 2. The van der Waals surface area contributed by atoms with E-state index in [1.807, 2.05) is 12.1 Å². The maximum absolute atomic E-state index is 9.85.